The summed E-state index contributed by atoms with van der Waals surface area (Å²) in [5, 5.41) is 3.01. The number of rotatable bonds is 7. The standard InChI is InChI=1S/C18H20ClNO4S/c1-13(14-6-4-3-5-7-14)20-18(21)10-11-25(22,23)15-8-9-17(24-2)16(19)12-15/h3-9,12-13H,10-11H2,1-2H3,(H,20,21). The highest BCUT2D eigenvalue weighted by molar-refractivity contribution is 7.91. The molecule has 25 heavy (non-hydrogen) atoms. The first-order valence-electron chi connectivity index (χ1n) is 7.74. The van der Waals surface area contributed by atoms with Gasteiger partial charge in [-0.15, -0.1) is 0 Å². The smallest absolute Gasteiger partial charge is 0.221 e. The van der Waals surface area contributed by atoms with Gasteiger partial charge in [-0.3, -0.25) is 4.79 Å². The largest absolute Gasteiger partial charge is 0.495 e. The molecule has 0 aliphatic heterocycles. The topological polar surface area (TPSA) is 72.5 Å². The van der Waals surface area contributed by atoms with E-state index in [1.54, 1.807) is 0 Å². The molecule has 0 bridgehead atoms. The van der Waals surface area contributed by atoms with Gasteiger partial charge in [0, 0.05) is 6.42 Å². The Labute approximate surface area is 152 Å². The number of hydrogen-bond acceptors (Lipinski definition) is 4. The third kappa shape index (κ3) is 5.21. The number of ether oxygens (including phenoxy) is 1. The summed E-state index contributed by atoms with van der Waals surface area (Å²) in [6, 6.07) is 13.5. The molecule has 7 heteroatoms. The summed E-state index contributed by atoms with van der Waals surface area (Å²) in [7, 11) is -2.15. The molecule has 0 spiro atoms. The third-order valence-electron chi connectivity index (χ3n) is 3.76. The number of carbonyl (C=O) groups is 1. The van der Waals surface area contributed by atoms with Gasteiger partial charge < -0.3 is 10.1 Å². The summed E-state index contributed by atoms with van der Waals surface area (Å²) in [5.41, 5.74) is 0.959. The van der Waals surface area contributed by atoms with Crippen molar-refractivity contribution in [2.75, 3.05) is 12.9 Å². The summed E-state index contributed by atoms with van der Waals surface area (Å²) in [6.07, 6.45) is -0.122. The molecule has 0 heterocycles. The Morgan fingerprint density at radius 3 is 2.48 bits per heavy atom. The summed E-state index contributed by atoms with van der Waals surface area (Å²) < 4.78 is 29.7. The van der Waals surface area contributed by atoms with Crippen LogP contribution in [0.3, 0.4) is 0 Å². The van der Waals surface area contributed by atoms with E-state index < -0.39 is 9.84 Å². The maximum absolute atomic E-state index is 12.4. The number of amides is 1. The van der Waals surface area contributed by atoms with Crippen molar-refractivity contribution in [2.24, 2.45) is 0 Å². The number of nitrogens with one attached hydrogen (secondary N) is 1. The van der Waals surface area contributed by atoms with Crippen molar-refractivity contribution < 1.29 is 17.9 Å². The van der Waals surface area contributed by atoms with Crippen molar-refractivity contribution in [1.29, 1.82) is 0 Å². The number of methoxy groups -OCH3 is 1. The molecule has 0 fully saturated rings. The van der Waals surface area contributed by atoms with Crippen LogP contribution in [0.5, 0.6) is 5.75 Å². The highest BCUT2D eigenvalue weighted by Crippen LogP contribution is 2.27. The molecular formula is C18H20ClNO4S. The molecule has 0 radical (unpaired) electrons. The lowest BCUT2D eigenvalue weighted by atomic mass is 10.1. The van der Waals surface area contributed by atoms with Gasteiger partial charge in [-0.2, -0.15) is 0 Å². The zero-order valence-electron chi connectivity index (χ0n) is 14.0. The van der Waals surface area contributed by atoms with Crippen molar-refractivity contribution in [3.05, 3.63) is 59.1 Å². The molecule has 1 unspecified atom stereocenters. The van der Waals surface area contributed by atoms with E-state index >= 15 is 0 Å². The molecule has 2 rings (SSSR count). The predicted octanol–water partition coefficient (Wildman–Crippen LogP) is 3.39. The van der Waals surface area contributed by atoms with Gasteiger partial charge in [-0.25, -0.2) is 8.42 Å². The van der Waals surface area contributed by atoms with E-state index in [1.165, 1.54) is 25.3 Å². The van der Waals surface area contributed by atoms with Gasteiger partial charge in [0.15, 0.2) is 9.84 Å². The second-order valence-corrected chi connectivity index (χ2v) is 8.08. The molecule has 0 aliphatic carbocycles. The van der Waals surface area contributed by atoms with Crippen molar-refractivity contribution in [2.45, 2.75) is 24.3 Å². The third-order valence-corrected chi connectivity index (χ3v) is 5.77. The molecule has 134 valence electrons. The zero-order chi connectivity index (χ0) is 18.4. The molecule has 0 saturated heterocycles. The van der Waals surface area contributed by atoms with E-state index in [9.17, 15) is 13.2 Å². The summed E-state index contributed by atoms with van der Waals surface area (Å²) >= 11 is 5.97. The number of sulfone groups is 1. The summed E-state index contributed by atoms with van der Waals surface area (Å²) in [5.74, 6) is -0.210. The fourth-order valence-corrected chi connectivity index (χ4v) is 3.91. The van der Waals surface area contributed by atoms with Crippen LogP contribution in [-0.2, 0) is 14.6 Å². The van der Waals surface area contributed by atoms with Gasteiger partial charge in [-0.05, 0) is 30.7 Å². The first-order valence-corrected chi connectivity index (χ1v) is 9.77. The Bertz CT molecular complexity index is 837. The molecule has 1 N–H and O–H groups in total. The van der Waals surface area contributed by atoms with Crippen LogP contribution in [0, 0.1) is 0 Å². The Kier molecular flexibility index (Phi) is 6.45. The first kappa shape index (κ1) is 19.3. The van der Waals surface area contributed by atoms with Crippen molar-refractivity contribution in [3.63, 3.8) is 0 Å². The molecule has 0 aromatic heterocycles. The van der Waals surface area contributed by atoms with Crippen LogP contribution in [0.4, 0.5) is 0 Å². The van der Waals surface area contributed by atoms with Gasteiger partial charge >= 0.3 is 0 Å². The predicted molar refractivity (Wildman–Crippen MR) is 97.7 cm³/mol. The van der Waals surface area contributed by atoms with Crippen LogP contribution in [0.2, 0.25) is 5.02 Å². The summed E-state index contributed by atoms with van der Waals surface area (Å²) in [6.45, 7) is 1.85. The fourth-order valence-electron chi connectivity index (χ4n) is 2.32. The molecule has 1 amide bonds. The van der Waals surface area contributed by atoms with E-state index in [2.05, 4.69) is 5.32 Å². The van der Waals surface area contributed by atoms with Gasteiger partial charge in [0.05, 0.1) is 28.8 Å². The maximum Gasteiger partial charge on any atom is 0.221 e. The summed E-state index contributed by atoms with van der Waals surface area (Å²) in [4.78, 5) is 12.1. The maximum atomic E-state index is 12.4. The lowest BCUT2D eigenvalue weighted by molar-refractivity contribution is -0.121. The Hall–Kier alpha value is -2.05. The normalized spacial score (nSPS) is 12.4. The zero-order valence-corrected chi connectivity index (χ0v) is 15.6. The molecular weight excluding hydrogens is 362 g/mol. The van der Waals surface area contributed by atoms with Gasteiger partial charge in [0.1, 0.15) is 5.75 Å². The number of benzene rings is 2. The molecule has 2 aromatic rings. The number of carbonyl (C=O) groups excluding carboxylic acids is 1. The van der Waals surface area contributed by atoms with Crippen molar-refractivity contribution in [3.8, 4) is 5.75 Å². The van der Waals surface area contributed by atoms with Crippen LogP contribution in [0.1, 0.15) is 24.9 Å². The van der Waals surface area contributed by atoms with E-state index in [4.69, 9.17) is 16.3 Å². The highest BCUT2D eigenvalue weighted by atomic mass is 35.5. The Balaban J connectivity index is 1.97. The van der Waals surface area contributed by atoms with E-state index in [0.717, 1.165) is 5.56 Å². The minimum atomic E-state index is -3.60. The van der Waals surface area contributed by atoms with Crippen LogP contribution in [0.15, 0.2) is 53.4 Å². The first-order chi connectivity index (χ1) is 11.8. The van der Waals surface area contributed by atoms with E-state index in [-0.39, 0.29) is 34.0 Å². The lowest BCUT2D eigenvalue weighted by Gasteiger charge is -2.14. The minimum absolute atomic E-state index is 0.0715. The number of halogens is 1. The molecule has 5 nitrogen and oxygen atoms in total. The average Bonchev–Trinajstić information content (AvgIpc) is 2.60. The SMILES string of the molecule is COc1ccc(S(=O)(=O)CCC(=O)NC(C)c2ccccc2)cc1Cl. The van der Waals surface area contributed by atoms with E-state index in [1.807, 2.05) is 37.3 Å². The average molecular weight is 382 g/mol. The van der Waals surface area contributed by atoms with Crippen LogP contribution in [-0.4, -0.2) is 27.2 Å². The Morgan fingerprint density at radius 1 is 1.20 bits per heavy atom. The van der Waals surface area contributed by atoms with E-state index in [0.29, 0.717) is 5.75 Å². The monoisotopic (exact) mass is 381 g/mol. The lowest BCUT2D eigenvalue weighted by Crippen LogP contribution is -2.28. The van der Waals surface area contributed by atoms with Crippen molar-refractivity contribution in [1.82, 2.24) is 5.32 Å². The van der Waals surface area contributed by atoms with Crippen LogP contribution in [0.25, 0.3) is 0 Å². The van der Waals surface area contributed by atoms with Crippen LogP contribution < -0.4 is 10.1 Å². The molecule has 0 saturated carbocycles. The van der Waals surface area contributed by atoms with Gasteiger partial charge in [0.25, 0.3) is 0 Å². The number of hydrogen-bond donors (Lipinski definition) is 1. The highest BCUT2D eigenvalue weighted by Gasteiger charge is 2.19. The molecule has 0 aliphatic rings. The minimum Gasteiger partial charge on any atom is -0.495 e. The molecule has 2 aromatic carbocycles. The second-order valence-electron chi connectivity index (χ2n) is 5.57. The fraction of sp³-hybridized carbons (Fsp3) is 0.278. The molecule has 1 atom stereocenters. The van der Waals surface area contributed by atoms with Crippen LogP contribution >= 0.6 is 11.6 Å². The van der Waals surface area contributed by atoms with Crippen molar-refractivity contribution >= 4 is 27.3 Å². The van der Waals surface area contributed by atoms with Gasteiger partial charge in [-0.1, -0.05) is 41.9 Å². The second kappa shape index (κ2) is 8.36. The quantitative estimate of drug-likeness (QED) is 0.797. The Morgan fingerprint density at radius 2 is 1.88 bits per heavy atom. The van der Waals surface area contributed by atoms with Gasteiger partial charge in [0.2, 0.25) is 5.91 Å².